The number of nitrogens with two attached hydrogens (primary N) is 1. The number of amides is 1. The summed E-state index contributed by atoms with van der Waals surface area (Å²) < 4.78 is 8.33. The van der Waals surface area contributed by atoms with E-state index in [0.29, 0.717) is 0 Å². The van der Waals surface area contributed by atoms with Gasteiger partial charge in [-0.3, -0.25) is 9.59 Å². The molecule has 0 saturated heterocycles. The van der Waals surface area contributed by atoms with Crippen LogP contribution in [0.5, 0.6) is 0 Å². The Bertz CT molecular complexity index is 200. The lowest BCUT2D eigenvalue weighted by atomic mass is 10.3. The van der Waals surface area contributed by atoms with Gasteiger partial charge in [-0.15, -0.1) is 0 Å². The zero-order valence-corrected chi connectivity index (χ0v) is 6.53. The third-order valence-electron chi connectivity index (χ3n) is 0.945. The van der Waals surface area contributed by atoms with E-state index in [4.69, 9.17) is 0 Å². The number of hydrogen-bond acceptors (Lipinski definition) is 5. The molecule has 0 heterocycles. The molecule has 0 atom stereocenters. The van der Waals surface area contributed by atoms with Crippen LogP contribution in [0.4, 0.5) is 4.79 Å². The Morgan fingerprint density at radius 2 is 1.92 bits per heavy atom. The van der Waals surface area contributed by atoms with Gasteiger partial charge in [0.2, 0.25) is 0 Å². The third kappa shape index (κ3) is 5.21. The maximum absolute atomic E-state index is 10.7. The Hall–Kier alpha value is -1.59. The highest BCUT2D eigenvalue weighted by Gasteiger charge is 2.10. The van der Waals surface area contributed by atoms with Crippen LogP contribution in [-0.2, 0) is 19.1 Å². The summed E-state index contributed by atoms with van der Waals surface area (Å²) in [4.78, 5) is 31.1. The van der Waals surface area contributed by atoms with E-state index in [1.54, 1.807) is 0 Å². The zero-order chi connectivity index (χ0) is 9.56. The largest absolute Gasteiger partial charge is 0.469 e. The van der Waals surface area contributed by atoms with Crippen LogP contribution in [0.15, 0.2) is 0 Å². The van der Waals surface area contributed by atoms with Crippen LogP contribution >= 0.6 is 0 Å². The van der Waals surface area contributed by atoms with Crippen molar-refractivity contribution >= 4 is 17.8 Å². The summed E-state index contributed by atoms with van der Waals surface area (Å²) in [7, 11) is 1.16. The maximum Gasteiger partial charge on any atom is 0.404 e. The van der Waals surface area contributed by atoms with Crippen LogP contribution in [-0.4, -0.2) is 31.6 Å². The molecule has 6 nitrogen and oxygen atoms in total. The van der Waals surface area contributed by atoms with Crippen molar-refractivity contribution in [2.24, 2.45) is 5.73 Å². The van der Waals surface area contributed by atoms with Crippen LogP contribution < -0.4 is 5.73 Å². The van der Waals surface area contributed by atoms with E-state index in [2.05, 4.69) is 15.2 Å². The first-order chi connectivity index (χ1) is 5.56. The van der Waals surface area contributed by atoms with Gasteiger partial charge >= 0.3 is 12.1 Å². The fourth-order valence-electron chi connectivity index (χ4n) is 0.436. The van der Waals surface area contributed by atoms with Gasteiger partial charge < -0.3 is 15.2 Å². The maximum atomic E-state index is 10.7. The van der Waals surface area contributed by atoms with E-state index in [-0.39, 0.29) is 0 Å². The Labute approximate surface area is 68.6 Å². The molecule has 0 saturated carbocycles. The number of rotatable bonds is 4. The normalized spacial score (nSPS) is 8.75. The summed E-state index contributed by atoms with van der Waals surface area (Å²) >= 11 is 0. The Morgan fingerprint density at radius 1 is 1.33 bits per heavy atom. The number of primary amides is 1. The Morgan fingerprint density at radius 3 is 2.33 bits per heavy atom. The van der Waals surface area contributed by atoms with Crippen molar-refractivity contribution in [2.45, 2.75) is 6.42 Å². The lowest BCUT2D eigenvalue weighted by molar-refractivity contribution is -0.144. The molecule has 0 unspecified atom stereocenters. The van der Waals surface area contributed by atoms with E-state index in [0.717, 1.165) is 7.11 Å². The average molecular weight is 175 g/mol. The molecular weight excluding hydrogens is 166 g/mol. The minimum Gasteiger partial charge on any atom is -0.469 e. The number of methoxy groups -OCH3 is 1. The standard InChI is InChI=1S/C6H9NO5/c1-11-5(9)2-4(8)3-12-6(7)10/h2-3H2,1H3,(H2,7,10). The molecule has 0 aliphatic carbocycles. The molecule has 1 amide bonds. The molecule has 12 heavy (non-hydrogen) atoms. The monoisotopic (exact) mass is 175 g/mol. The van der Waals surface area contributed by atoms with Crippen LogP contribution in [0.2, 0.25) is 0 Å². The molecule has 0 aromatic rings. The second kappa shape index (κ2) is 5.11. The van der Waals surface area contributed by atoms with Gasteiger partial charge in [0, 0.05) is 0 Å². The van der Waals surface area contributed by atoms with E-state index < -0.39 is 30.9 Å². The molecule has 0 rings (SSSR count). The van der Waals surface area contributed by atoms with Gasteiger partial charge in [-0.2, -0.15) is 0 Å². The Kier molecular flexibility index (Phi) is 4.43. The summed E-state index contributed by atoms with van der Waals surface area (Å²) in [6, 6.07) is 0. The number of carbonyl (C=O) groups is 3. The number of ether oxygens (including phenoxy) is 2. The first-order valence-corrected chi connectivity index (χ1v) is 3.07. The lowest BCUT2D eigenvalue weighted by Crippen LogP contribution is -2.20. The quantitative estimate of drug-likeness (QED) is 0.446. The van der Waals surface area contributed by atoms with E-state index >= 15 is 0 Å². The van der Waals surface area contributed by atoms with Crippen LogP contribution in [0.25, 0.3) is 0 Å². The van der Waals surface area contributed by atoms with Crippen LogP contribution in [0, 0.1) is 0 Å². The molecule has 0 fully saturated rings. The molecule has 0 aliphatic heterocycles. The number of ketones is 1. The number of carbonyl (C=O) groups excluding carboxylic acids is 3. The van der Waals surface area contributed by atoms with Crippen molar-refractivity contribution in [3.05, 3.63) is 0 Å². The van der Waals surface area contributed by atoms with Gasteiger partial charge in [-0.1, -0.05) is 0 Å². The summed E-state index contributed by atoms with van der Waals surface area (Å²) in [5, 5.41) is 0. The highest BCUT2D eigenvalue weighted by Crippen LogP contribution is 1.88. The molecule has 68 valence electrons. The predicted molar refractivity (Wildman–Crippen MR) is 37.2 cm³/mol. The second-order valence-corrected chi connectivity index (χ2v) is 1.90. The van der Waals surface area contributed by atoms with E-state index in [1.807, 2.05) is 0 Å². The molecule has 0 bridgehead atoms. The minimum absolute atomic E-state index is 0.413. The fourth-order valence-corrected chi connectivity index (χ4v) is 0.436. The highest BCUT2D eigenvalue weighted by molar-refractivity contribution is 5.96. The fraction of sp³-hybridized carbons (Fsp3) is 0.500. The number of hydrogen-bond donors (Lipinski definition) is 1. The van der Waals surface area contributed by atoms with Gasteiger partial charge in [0.1, 0.15) is 6.42 Å². The van der Waals surface area contributed by atoms with Crippen LogP contribution in [0.3, 0.4) is 0 Å². The summed E-state index contributed by atoms with van der Waals surface area (Å²) in [5.74, 6) is -1.23. The third-order valence-corrected chi connectivity index (χ3v) is 0.945. The first kappa shape index (κ1) is 10.4. The molecular formula is C6H9NO5. The molecule has 0 aromatic heterocycles. The summed E-state index contributed by atoms with van der Waals surface area (Å²) in [5.41, 5.74) is 4.57. The van der Waals surface area contributed by atoms with Crippen molar-refractivity contribution < 1.29 is 23.9 Å². The van der Waals surface area contributed by atoms with Gasteiger partial charge in [0.05, 0.1) is 7.11 Å². The van der Waals surface area contributed by atoms with E-state index in [1.165, 1.54) is 0 Å². The topological polar surface area (TPSA) is 95.7 Å². The molecule has 6 heteroatoms. The van der Waals surface area contributed by atoms with Crippen molar-refractivity contribution in [3.63, 3.8) is 0 Å². The lowest BCUT2D eigenvalue weighted by Gasteiger charge is -1.99. The van der Waals surface area contributed by atoms with Crippen molar-refractivity contribution in [3.8, 4) is 0 Å². The van der Waals surface area contributed by atoms with Gasteiger partial charge in [-0.25, -0.2) is 4.79 Å². The molecule has 0 aromatic carbocycles. The second-order valence-electron chi connectivity index (χ2n) is 1.90. The zero-order valence-electron chi connectivity index (χ0n) is 6.53. The number of esters is 1. The average Bonchev–Trinajstić information content (AvgIpc) is 2.00. The molecule has 2 N–H and O–H groups in total. The minimum atomic E-state index is -1.05. The van der Waals surface area contributed by atoms with Crippen molar-refractivity contribution in [1.29, 1.82) is 0 Å². The molecule has 0 aliphatic rings. The smallest absolute Gasteiger partial charge is 0.404 e. The summed E-state index contributed by atoms with van der Waals surface area (Å²) in [6.45, 7) is -0.496. The van der Waals surface area contributed by atoms with Crippen molar-refractivity contribution in [1.82, 2.24) is 0 Å². The van der Waals surface area contributed by atoms with E-state index in [9.17, 15) is 14.4 Å². The van der Waals surface area contributed by atoms with Gasteiger partial charge in [0.25, 0.3) is 0 Å². The Balaban J connectivity index is 3.60. The summed E-state index contributed by atoms with van der Waals surface area (Å²) in [6.07, 6.45) is -1.46. The van der Waals surface area contributed by atoms with Crippen LogP contribution in [0.1, 0.15) is 6.42 Å². The SMILES string of the molecule is COC(=O)CC(=O)COC(N)=O. The van der Waals surface area contributed by atoms with Gasteiger partial charge in [-0.05, 0) is 0 Å². The number of Topliss-reactive ketones (excluding diaryl/α,β-unsaturated/α-hetero) is 1. The molecule has 0 radical (unpaired) electrons. The first-order valence-electron chi connectivity index (χ1n) is 3.07. The predicted octanol–water partition coefficient (Wildman–Crippen LogP) is -0.786. The molecule has 0 spiro atoms. The highest BCUT2D eigenvalue weighted by atomic mass is 16.5. The van der Waals surface area contributed by atoms with Gasteiger partial charge in [0.15, 0.2) is 12.4 Å². The van der Waals surface area contributed by atoms with Crippen molar-refractivity contribution in [2.75, 3.05) is 13.7 Å².